The molecule has 2 bridgehead atoms. The standard InChI is InChI=1S/C21H20N2O3/c1-12(24)26-11-18-17-10-21(22-2,23-3)19-7-13-4-5-14(6-13)16(19)8-15(17)9-20(18)25/h7-8,13-14,16H,4-6,9-11H2,1H3/t13-,14+,16-/m0/s1. The van der Waals surface area contributed by atoms with Gasteiger partial charge in [0.25, 0.3) is 0 Å². The normalized spacial score (nSPS) is 31.0. The second kappa shape index (κ2) is 5.95. The molecular weight excluding hydrogens is 328 g/mol. The van der Waals surface area contributed by atoms with Crippen LogP contribution in [0.2, 0.25) is 0 Å². The van der Waals surface area contributed by atoms with Crippen LogP contribution < -0.4 is 0 Å². The van der Waals surface area contributed by atoms with Crippen molar-refractivity contribution in [2.75, 3.05) is 6.61 Å². The molecule has 5 nitrogen and oxygen atoms in total. The summed E-state index contributed by atoms with van der Waals surface area (Å²) >= 11 is 0. The van der Waals surface area contributed by atoms with Gasteiger partial charge in [0.2, 0.25) is 0 Å². The van der Waals surface area contributed by atoms with Gasteiger partial charge >= 0.3 is 11.6 Å². The van der Waals surface area contributed by atoms with E-state index in [1.54, 1.807) is 0 Å². The van der Waals surface area contributed by atoms with Crippen molar-refractivity contribution in [1.82, 2.24) is 0 Å². The Balaban J connectivity index is 1.85. The molecule has 0 radical (unpaired) electrons. The largest absolute Gasteiger partial charge is 0.510 e. The van der Waals surface area contributed by atoms with Crippen molar-refractivity contribution >= 4 is 11.8 Å². The maximum atomic E-state index is 12.5. The molecule has 0 aromatic rings. The number of Topliss-reactive ketones (excluding diaryl/α,β-unsaturated/α-hetero) is 1. The molecule has 0 unspecified atom stereocenters. The summed E-state index contributed by atoms with van der Waals surface area (Å²) in [6.07, 6.45) is 8.17. The lowest BCUT2D eigenvalue weighted by atomic mass is 9.74. The number of nitrogens with zero attached hydrogens (tertiary/aromatic N) is 2. The smallest absolute Gasteiger partial charge is 0.461 e. The van der Waals surface area contributed by atoms with E-state index in [1.807, 2.05) is 0 Å². The van der Waals surface area contributed by atoms with Gasteiger partial charge in [-0.25, -0.2) is 22.8 Å². The van der Waals surface area contributed by atoms with Gasteiger partial charge in [-0.3, -0.25) is 9.59 Å². The second-order valence-corrected chi connectivity index (χ2v) is 7.73. The molecule has 26 heavy (non-hydrogen) atoms. The van der Waals surface area contributed by atoms with Crippen molar-refractivity contribution in [3.8, 4) is 0 Å². The molecule has 0 aromatic carbocycles. The predicted molar refractivity (Wildman–Crippen MR) is 94.3 cm³/mol. The summed E-state index contributed by atoms with van der Waals surface area (Å²) in [5, 5.41) is 0. The number of hydrogen-bond donors (Lipinski definition) is 0. The zero-order chi connectivity index (χ0) is 18.5. The van der Waals surface area contributed by atoms with Gasteiger partial charge < -0.3 is 4.74 Å². The molecule has 1 fully saturated rings. The molecule has 0 aliphatic heterocycles. The molecule has 0 saturated heterocycles. The van der Waals surface area contributed by atoms with Gasteiger partial charge in [0.1, 0.15) is 18.6 Å². The molecule has 5 heteroatoms. The number of rotatable bonds is 2. The summed E-state index contributed by atoms with van der Waals surface area (Å²) in [4.78, 5) is 31.3. The van der Waals surface area contributed by atoms with Crippen LogP contribution in [0, 0.1) is 30.9 Å². The molecule has 0 aromatic heterocycles. The Morgan fingerprint density at radius 3 is 2.77 bits per heavy atom. The van der Waals surface area contributed by atoms with E-state index in [0.717, 1.165) is 36.0 Å². The molecule has 4 rings (SSSR count). The van der Waals surface area contributed by atoms with Crippen LogP contribution in [0.25, 0.3) is 9.69 Å². The monoisotopic (exact) mass is 348 g/mol. The molecule has 1 saturated carbocycles. The van der Waals surface area contributed by atoms with E-state index in [1.165, 1.54) is 6.92 Å². The Labute approximate surface area is 153 Å². The van der Waals surface area contributed by atoms with Crippen molar-refractivity contribution < 1.29 is 14.3 Å². The van der Waals surface area contributed by atoms with Crippen LogP contribution in [-0.2, 0) is 14.3 Å². The van der Waals surface area contributed by atoms with Gasteiger partial charge in [-0.15, -0.1) is 0 Å². The third kappa shape index (κ3) is 2.42. The van der Waals surface area contributed by atoms with E-state index in [4.69, 9.17) is 17.9 Å². The van der Waals surface area contributed by atoms with Crippen molar-refractivity contribution in [3.63, 3.8) is 0 Å². The second-order valence-electron chi connectivity index (χ2n) is 7.73. The van der Waals surface area contributed by atoms with Gasteiger partial charge in [-0.1, -0.05) is 12.2 Å². The number of hydrogen-bond acceptors (Lipinski definition) is 3. The van der Waals surface area contributed by atoms with E-state index in [2.05, 4.69) is 21.8 Å². The molecule has 4 aliphatic rings. The first kappa shape index (κ1) is 16.8. The summed E-state index contributed by atoms with van der Waals surface area (Å²) in [7, 11) is 0. The summed E-state index contributed by atoms with van der Waals surface area (Å²) < 4.78 is 5.08. The van der Waals surface area contributed by atoms with Gasteiger partial charge in [-0.2, -0.15) is 0 Å². The minimum Gasteiger partial charge on any atom is -0.461 e. The van der Waals surface area contributed by atoms with Gasteiger partial charge in [0, 0.05) is 24.8 Å². The number of fused-ring (bicyclic) bond motifs is 5. The fourth-order valence-corrected chi connectivity index (χ4v) is 5.04. The van der Waals surface area contributed by atoms with Crippen LogP contribution in [0.1, 0.15) is 39.0 Å². The topological polar surface area (TPSA) is 52.1 Å². The molecule has 0 amide bonds. The lowest BCUT2D eigenvalue weighted by Crippen LogP contribution is -2.31. The molecule has 3 atom stereocenters. The Hall–Kier alpha value is -2.66. The zero-order valence-corrected chi connectivity index (χ0v) is 14.7. The maximum Gasteiger partial charge on any atom is 0.510 e. The van der Waals surface area contributed by atoms with E-state index in [9.17, 15) is 9.59 Å². The van der Waals surface area contributed by atoms with Crippen LogP contribution in [0.3, 0.4) is 0 Å². The third-order valence-electron chi connectivity index (χ3n) is 6.29. The number of allylic oxidation sites excluding steroid dienone is 3. The van der Waals surface area contributed by atoms with E-state index >= 15 is 0 Å². The highest BCUT2D eigenvalue weighted by Crippen LogP contribution is 2.54. The number of carbonyl (C=O) groups excluding carboxylic acids is 2. The first-order chi connectivity index (χ1) is 12.5. The van der Waals surface area contributed by atoms with Crippen molar-refractivity contribution in [1.29, 1.82) is 0 Å². The highest BCUT2D eigenvalue weighted by Gasteiger charge is 2.58. The molecule has 0 N–H and O–H groups in total. The Morgan fingerprint density at radius 2 is 2.08 bits per heavy atom. The number of ketones is 1. The molecule has 0 heterocycles. The van der Waals surface area contributed by atoms with Crippen LogP contribution in [0.5, 0.6) is 0 Å². The molecule has 0 spiro atoms. The highest BCUT2D eigenvalue weighted by atomic mass is 16.5. The summed E-state index contributed by atoms with van der Waals surface area (Å²) in [5.41, 5.74) is 1.83. The van der Waals surface area contributed by atoms with E-state index < -0.39 is 11.6 Å². The summed E-state index contributed by atoms with van der Waals surface area (Å²) in [6.45, 7) is 16.9. The fourth-order valence-electron chi connectivity index (χ4n) is 5.04. The summed E-state index contributed by atoms with van der Waals surface area (Å²) in [6, 6.07) is 0. The minimum absolute atomic E-state index is 0.0519. The predicted octanol–water partition coefficient (Wildman–Crippen LogP) is 3.66. The highest BCUT2D eigenvalue weighted by molar-refractivity contribution is 6.03. The summed E-state index contributed by atoms with van der Waals surface area (Å²) in [5.74, 6) is 0.519. The SMILES string of the molecule is [C-]#[N+]C1([N+]#[C-])CC2=C(COC(C)=O)C(=O)CC2=C[C@@H]2C1=C[C@H]1CC[C@@H]2C1. The lowest BCUT2D eigenvalue weighted by Gasteiger charge is -2.27. The van der Waals surface area contributed by atoms with Gasteiger partial charge in [0.05, 0.1) is 0 Å². The van der Waals surface area contributed by atoms with Crippen LogP contribution in [0.4, 0.5) is 0 Å². The van der Waals surface area contributed by atoms with Crippen LogP contribution >= 0.6 is 0 Å². The Bertz CT molecular complexity index is 864. The van der Waals surface area contributed by atoms with Crippen molar-refractivity contribution in [2.45, 2.75) is 44.7 Å². The van der Waals surface area contributed by atoms with Crippen molar-refractivity contribution in [3.05, 3.63) is 57.3 Å². The minimum atomic E-state index is -1.27. The molecule has 132 valence electrons. The van der Waals surface area contributed by atoms with Gasteiger partial charge in [-0.05, 0) is 42.2 Å². The fraction of sp³-hybridized carbons (Fsp3) is 0.524. The number of ether oxygens (including phenoxy) is 1. The maximum absolute atomic E-state index is 12.5. The quantitative estimate of drug-likeness (QED) is 0.435. The van der Waals surface area contributed by atoms with E-state index in [0.29, 0.717) is 17.4 Å². The average molecular weight is 348 g/mol. The molecule has 4 aliphatic carbocycles. The van der Waals surface area contributed by atoms with Crippen LogP contribution in [-0.4, -0.2) is 24.0 Å². The Kier molecular flexibility index (Phi) is 3.84. The number of esters is 1. The lowest BCUT2D eigenvalue weighted by molar-refractivity contribution is -0.140. The van der Waals surface area contributed by atoms with E-state index in [-0.39, 0.29) is 31.1 Å². The third-order valence-corrected chi connectivity index (χ3v) is 6.29. The van der Waals surface area contributed by atoms with Gasteiger partial charge in [0.15, 0.2) is 5.78 Å². The first-order valence-electron chi connectivity index (χ1n) is 9.06. The zero-order valence-electron chi connectivity index (χ0n) is 14.7. The first-order valence-corrected chi connectivity index (χ1v) is 9.06. The van der Waals surface area contributed by atoms with Crippen molar-refractivity contribution in [2.24, 2.45) is 17.8 Å². The number of carbonyl (C=O) groups is 2. The molecular formula is C21H20N2O3. The average Bonchev–Trinajstić information content (AvgIpc) is 3.10. The Morgan fingerprint density at radius 1 is 1.31 bits per heavy atom. The van der Waals surface area contributed by atoms with Crippen LogP contribution in [0.15, 0.2) is 34.4 Å².